The lowest BCUT2D eigenvalue weighted by Gasteiger charge is -2.01. The topological polar surface area (TPSA) is 99.9 Å². The molecule has 0 unspecified atom stereocenters. The molecule has 0 aromatic carbocycles. The zero-order valence-corrected chi connectivity index (χ0v) is 14.7. The highest BCUT2D eigenvalue weighted by Crippen LogP contribution is 2.14. The summed E-state index contributed by atoms with van der Waals surface area (Å²) in [7, 11) is 0. The predicted octanol–water partition coefficient (Wildman–Crippen LogP) is 2.65. The number of ether oxygens (including phenoxy) is 2. The summed E-state index contributed by atoms with van der Waals surface area (Å²) >= 11 is 0. The lowest BCUT2D eigenvalue weighted by molar-refractivity contribution is -0.144. The molecule has 0 aliphatic carbocycles. The number of Topliss-reactive ketones (excluding diaryl/α,β-unsaturated/α-hetero) is 2. The van der Waals surface area contributed by atoms with Crippen molar-refractivity contribution >= 4 is 23.5 Å². The molecule has 1 heterocycles. The van der Waals surface area contributed by atoms with E-state index in [9.17, 15) is 19.2 Å². The highest BCUT2D eigenvalue weighted by molar-refractivity contribution is 5.95. The number of rotatable bonds is 12. The van der Waals surface area contributed by atoms with E-state index in [4.69, 9.17) is 13.9 Å². The van der Waals surface area contributed by atoms with E-state index >= 15 is 0 Å². The van der Waals surface area contributed by atoms with E-state index in [-0.39, 0.29) is 62.0 Å². The Bertz CT molecular complexity index is 600. The second-order valence-electron chi connectivity index (χ2n) is 5.34. The summed E-state index contributed by atoms with van der Waals surface area (Å²) in [4.78, 5) is 46.1. The normalized spacial score (nSPS) is 10.3. The molecule has 0 aliphatic heterocycles. The Labute approximate surface area is 146 Å². The zero-order valence-electron chi connectivity index (χ0n) is 14.7. The third-order valence-corrected chi connectivity index (χ3v) is 3.36. The van der Waals surface area contributed by atoms with Gasteiger partial charge in [0.1, 0.15) is 11.5 Å². The molecule has 0 atom stereocenters. The quantitative estimate of drug-likeness (QED) is 0.421. The van der Waals surface area contributed by atoms with Gasteiger partial charge in [-0.05, 0) is 26.0 Å². The van der Waals surface area contributed by atoms with Gasteiger partial charge in [0.25, 0.3) is 0 Å². The van der Waals surface area contributed by atoms with Crippen LogP contribution in [0, 0.1) is 0 Å². The molecule has 0 amide bonds. The van der Waals surface area contributed by atoms with Crippen LogP contribution in [0.3, 0.4) is 0 Å². The molecule has 25 heavy (non-hydrogen) atoms. The molecule has 1 rings (SSSR count). The maximum Gasteiger partial charge on any atom is 0.306 e. The molecule has 7 heteroatoms. The van der Waals surface area contributed by atoms with Crippen LogP contribution in [-0.4, -0.2) is 36.7 Å². The van der Waals surface area contributed by atoms with Gasteiger partial charge in [-0.25, -0.2) is 0 Å². The number of ketones is 2. The Hall–Kier alpha value is -2.44. The molecule has 138 valence electrons. The maximum atomic E-state index is 11.9. The molecular formula is C18H24O7. The van der Waals surface area contributed by atoms with Crippen LogP contribution >= 0.6 is 0 Å². The van der Waals surface area contributed by atoms with Crippen LogP contribution in [0.1, 0.15) is 62.3 Å². The number of aryl methyl sites for hydroxylation is 1. The molecular weight excluding hydrogens is 328 g/mol. The number of carbonyl (C=O) groups excluding carboxylic acids is 4. The van der Waals surface area contributed by atoms with E-state index < -0.39 is 5.97 Å². The molecule has 0 radical (unpaired) electrons. The van der Waals surface area contributed by atoms with Gasteiger partial charge >= 0.3 is 11.9 Å². The van der Waals surface area contributed by atoms with Crippen LogP contribution < -0.4 is 0 Å². The van der Waals surface area contributed by atoms with Crippen molar-refractivity contribution in [2.75, 3.05) is 13.2 Å². The Morgan fingerprint density at radius 2 is 1.44 bits per heavy atom. The van der Waals surface area contributed by atoms with Gasteiger partial charge in [0, 0.05) is 25.7 Å². The van der Waals surface area contributed by atoms with Gasteiger partial charge in [-0.3, -0.25) is 19.2 Å². The average molecular weight is 352 g/mol. The van der Waals surface area contributed by atoms with Crippen molar-refractivity contribution in [1.29, 1.82) is 0 Å². The molecule has 1 aromatic heterocycles. The zero-order chi connectivity index (χ0) is 18.7. The highest BCUT2D eigenvalue weighted by Gasteiger charge is 2.15. The molecule has 0 N–H and O–H groups in total. The number of hydrogen-bond donors (Lipinski definition) is 0. The number of furan rings is 1. The Morgan fingerprint density at radius 1 is 0.840 bits per heavy atom. The smallest absolute Gasteiger partial charge is 0.306 e. The highest BCUT2D eigenvalue weighted by atomic mass is 16.5. The van der Waals surface area contributed by atoms with Crippen LogP contribution in [0.4, 0.5) is 0 Å². The third-order valence-electron chi connectivity index (χ3n) is 3.36. The van der Waals surface area contributed by atoms with Crippen LogP contribution in [0.2, 0.25) is 0 Å². The van der Waals surface area contributed by atoms with E-state index in [1.807, 2.05) is 0 Å². The van der Waals surface area contributed by atoms with E-state index in [1.165, 1.54) is 6.07 Å². The molecule has 0 fully saturated rings. The van der Waals surface area contributed by atoms with Crippen molar-refractivity contribution in [3.8, 4) is 0 Å². The van der Waals surface area contributed by atoms with Crippen molar-refractivity contribution < 1.29 is 33.1 Å². The first-order valence-corrected chi connectivity index (χ1v) is 8.41. The number of esters is 2. The minimum absolute atomic E-state index is 0.00898. The van der Waals surface area contributed by atoms with Gasteiger partial charge in [0.2, 0.25) is 0 Å². The van der Waals surface area contributed by atoms with Gasteiger partial charge in [-0.2, -0.15) is 0 Å². The fraction of sp³-hybridized carbons (Fsp3) is 0.556. The van der Waals surface area contributed by atoms with E-state index in [0.717, 1.165) is 0 Å². The van der Waals surface area contributed by atoms with Crippen LogP contribution in [0.5, 0.6) is 0 Å². The first kappa shape index (κ1) is 20.6. The van der Waals surface area contributed by atoms with Gasteiger partial charge in [-0.15, -0.1) is 0 Å². The summed E-state index contributed by atoms with van der Waals surface area (Å²) in [6.07, 6.45) is 0.808. The summed E-state index contributed by atoms with van der Waals surface area (Å²) in [5.41, 5.74) is 0. The first-order chi connectivity index (χ1) is 12.0. The lowest BCUT2D eigenvalue weighted by atomic mass is 10.1. The van der Waals surface area contributed by atoms with Crippen molar-refractivity contribution in [2.45, 2.75) is 52.4 Å². The molecule has 0 bridgehead atoms. The summed E-state index contributed by atoms with van der Waals surface area (Å²) < 4.78 is 14.9. The van der Waals surface area contributed by atoms with Crippen molar-refractivity contribution in [1.82, 2.24) is 0 Å². The Morgan fingerprint density at radius 3 is 2.04 bits per heavy atom. The molecule has 0 spiro atoms. The van der Waals surface area contributed by atoms with Crippen LogP contribution in [0.15, 0.2) is 16.5 Å². The minimum atomic E-state index is -0.421. The van der Waals surface area contributed by atoms with Crippen molar-refractivity contribution in [3.63, 3.8) is 0 Å². The predicted molar refractivity (Wildman–Crippen MR) is 88.1 cm³/mol. The average Bonchev–Trinajstić information content (AvgIpc) is 3.05. The van der Waals surface area contributed by atoms with E-state index in [0.29, 0.717) is 18.8 Å². The second-order valence-corrected chi connectivity index (χ2v) is 5.34. The summed E-state index contributed by atoms with van der Waals surface area (Å²) in [5, 5.41) is 0. The molecule has 0 saturated carbocycles. The van der Waals surface area contributed by atoms with Gasteiger partial charge in [0.05, 0.1) is 26.1 Å². The third kappa shape index (κ3) is 8.28. The minimum Gasteiger partial charge on any atom is -0.466 e. The fourth-order valence-corrected chi connectivity index (χ4v) is 2.10. The molecule has 0 saturated heterocycles. The largest absolute Gasteiger partial charge is 0.466 e. The number of hydrogen-bond acceptors (Lipinski definition) is 7. The van der Waals surface area contributed by atoms with Crippen molar-refractivity contribution in [3.05, 3.63) is 23.7 Å². The van der Waals surface area contributed by atoms with E-state index in [2.05, 4.69) is 0 Å². The number of carbonyl (C=O) groups is 4. The molecule has 0 aliphatic rings. The summed E-state index contributed by atoms with van der Waals surface area (Å²) in [5.74, 6) is -0.479. The van der Waals surface area contributed by atoms with Gasteiger partial charge < -0.3 is 13.9 Å². The van der Waals surface area contributed by atoms with E-state index in [1.54, 1.807) is 19.9 Å². The summed E-state index contributed by atoms with van der Waals surface area (Å²) in [6, 6.07) is 3.17. The van der Waals surface area contributed by atoms with Crippen LogP contribution in [0.25, 0.3) is 0 Å². The monoisotopic (exact) mass is 352 g/mol. The SMILES string of the molecule is CCOC(=O)CCC(=O)CCc1ccc(C(=O)CCC(=O)OCC)o1. The molecule has 7 nitrogen and oxygen atoms in total. The Kier molecular flexibility index (Phi) is 9.21. The standard InChI is InChI=1S/C18H24O7/c1-3-23-17(21)11-6-13(19)5-7-14-8-10-16(25-14)15(20)9-12-18(22)24-4-2/h8,10H,3-7,9,11-12H2,1-2H3. The molecule has 1 aromatic rings. The Balaban J connectivity index is 2.35. The first-order valence-electron chi connectivity index (χ1n) is 8.41. The second kappa shape index (κ2) is 11.2. The lowest BCUT2D eigenvalue weighted by Crippen LogP contribution is -2.08. The van der Waals surface area contributed by atoms with Gasteiger partial charge in [-0.1, -0.05) is 0 Å². The fourth-order valence-electron chi connectivity index (χ4n) is 2.10. The van der Waals surface area contributed by atoms with Gasteiger partial charge in [0.15, 0.2) is 11.5 Å². The van der Waals surface area contributed by atoms with Crippen LogP contribution in [-0.2, 0) is 30.3 Å². The summed E-state index contributed by atoms with van der Waals surface area (Å²) in [6.45, 7) is 3.99. The maximum absolute atomic E-state index is 11.9. The van der Waals surface area contributed by atoms with Crippen molar-refractivity contribution in [2.24, 2.45) is 0 Å².